The van der Waals surface area contributed by atoms with E-state index in [1.54, 1.807) is 0 Å². The van der Waals surface area contributed by atoms with Crippen LogP contribution in [0.15, 0.2) is 18.3 Å². The average Bonchev–Trinajstić information content (AvgIpc) is 2.29. The zero-order valence-electron chi connectivity index (χ0n) is 10.3. The maximum atomic E-state index is 6.39. The Hall–Kier alpha value is -0.890. The first-order chi connectivity index (χ1) is 7.68. The number of hydrogen-bond acceptors (Lipinski definition) is 2. The van der Waals surface area contributed by atoms with E-state index in [2.05, 4.69) is 24.9 Å². The van der Waals surface area contributed by atoms with Gasteiger partial charge >= 0.3 is 0 Å². The molecule has 1 heterocycles. The van der Waals surface area contributed by atoms with Crippen molar-refractivity contribution in [3.8, 4) is 0 Å². The maximum Gasteiger partial charge on any atom is 0.0420 e. The molecule has 1 fully saturated rings. The second-order valence-corrected chi connectivity index (χ2v) is 5.24. The summed E-state index contributed by atoms with van der Waals surface area (Å²) in [7, 11) is 0. The Kier molecular flexibility index (Phi) is 3.59. The molecule has 0 saturated heterocycles. The summed E-state index contributed by atoms with van der Waals surface area (Å²) >= 11 is 0. The third-order valence-corrected chi connectivity index (χ3v) is 3.89. The predicted molar refractivity (Wildman–Crippen MR) is 67.0 cm³/mol. The minimum absolute atomic E-state index is 0.177. The summed E-state index contributed by atoms with van der Waals surface area (Å²) in [4.78, 5) is 4.33. The molecule has 1 aromatic heterocycles. The molecule has 1 aliphatic carbocycles. The van der Waals surface area contributed by atoms with Crippen molar-refractivity contribution in [2.75, 3.05) is 0 Å². The van der Waals surface area contributed by atoms with Crippen molar-refractivity contribution in [1.82, 2.24) is 4.98 Å². The lowest BCUT2D eigenvalue weighted by Gasteiger charge is -2.31. The third kappa shape index (κ3) is 2.43. The summed E-state index contributed by atoms with van der Waals surface area (Å²) in [6.07, 6.45) is 7.10. The van der Waals surface area contributed by atoms with E-state index in [4.69, 9.17) is 5.73 Å². The van der Waals surface area contributed by atoms with Gasteiger partial charge in [0, 0.05) is 17.9 Å². The summed E-state index contributed by atoms with van der Waals surface area (Å²) < 4.78 is 0. The molecule has 3 unspecified atom stereocenters. The molecule has 2 N–H and O–H groups in total. The van der Waals surface area contributed by atoms with Crippen LogP contribution in [-0.2, 0) is 0 Å². The Morgan fingerprint density at radius 1 is 1.44 bits per heavy atom. The van der Waals surface area contributed by atoms with Crippen LogP contribution in [0.4, 0.5) is 0 Å². The standard InChI is InChI=1S/C14H22N2/c1-10-5-3-6-12(9-10)14(15)13-7-4-8-16-11(13)2/h4,7-8,10,12,14H,3,5-6,9,15H2,1-2H3. The van der Waals surface area contributed by atoms with E-state index in [0.717, 1.165) is 11.6 Å². The quantitative estimate of drug-likeness (QED) is 0.827. The molecule has 88 valence electrons. The minimum atomic E-state index is 0.177. The fraction of sp³-hybridized carbons (Fsp3) is 0.643. The van der Waals surface area contributed by atoms with E-state index in [0.29, 0.717) is 5.92 Å². The Labute approximate surface area is 98.3 Å². The topological polar surface area (TPSA) is 38.9 Å². The second kappa shape index (κ2) is 4.96. The molecule has 1 saturated carbocycles. The Morgan fingerprint density at radius 3 is 2.94 bits per heavy atom. The van der Waals surface area contributed by atoms with Crippen molar-refractivity contribution in [3.63, 3.8) is 0 Å². The molecule has 0 spiro atoms. The lowest BCUT2D eigenvalue weighted by Crippen LogP contribution is -2.26. The molecule has 0 aromatic carbocycles. The molecule has 2 nitrogen and oxygen atoms in total. The van der Waals surface area contributed by atoms with Gasteiger partial charge in [0.2, 0.25) is 0 Å². The van der Waals surface area contributed by atoms with Crippen LogP contribution in [0.3, 0.4) is 0 Å². The predicted octanol–water partition coefficient (Wildman–Crippen LogP) is 3.22. The van der Waals surface area contributed by atoms with Gasteiger partial charge in [0.1, 0.15) is 0 Å². The normalized spacial score (nSPS) is 27.7. The molecule has 3 atom stereocenters. The smallest absolute Gasteiger partial charge is 0.0420 e. The third-order valence-electron chi connectivity index (χ3n) is 3.89. The number of nitrogens with two attached hydrogens (primary N) is 1. The van der Waals surface area contributed by atoms with Gasteiger partial charge in [-0.3, -0.25) is 4.98 Å². The molecule has 0 amide bonds. The first-order valence-corrected chi connectivity index (χ1v) is 6.35. The van der Waals surface area contributed by atoms with Crippen LogP contribution in [0.25, 0.3) is 0 Å². The number of aromatic nitrogens is 1. The highest BCUT2D eigenvalue weighted by molar-refractivity contribution is 5.22. The highest BCUT2D eigenvalue weighted by Gasteiger charge is 2.26. The molecule has 2 heteroatoms. The monoisotopic (exact) mass is 218 g/mol. The van der Waals surface area contributed by atoms with E-state index >= 15 is 0 Å². The van der Waals surface area contributed by atoms with Crippen molar-refractivity contribution in [1.29, 1.82) is 0 Å². The van der Waals surface area contributed by atoms with E-state index in [-0.39, 0.29) is 6.04 Å². The Balaban J connectivity index is 2.12. The first-order valence-electron chi connectivity index (χ1n) is 6.35. The lowest BCUT2D eigenvalue weighted by molar-refractivity contribution is 0.247. The van der Waals surface area contributed by atoms with Crippen LogP contribution in [-0.4, -0.2) is 4.98 Å². The summed E-state index contributed by atoms with van der Waals surface area (Å²) in [5.41, 5.74) is 8.72. The molecule has 16 heavy (non-hydrogen) atoms. The molecular formula is C14H22N2. The van der Waals surface area contributed by atoms with Crippen LogP contribution in [0.1, 0.15) is 49.9 Å². The minimum Gasteiger partial charge on any atom is -0.324 e. The summed E-state index contributed by atoms with van der Waals surface area (Å²) in [6, 6.07) is 4.30. The van der Waals surface area contributed by atoms with Crippen molar-refractivity contribution in [3.05, 3.63) is 29.6 Å². The van der Waals surface area contributed by atoms with Crippen LogP contribution >= 0.6 is 0 Å². The van der Waals surface area contributed by atoms with Crippen molar-refractivity contribution in [2.24, 2.45) is 17.6 Å². The van der Waals surface area contributed by atoms with Crippen LogP contribution in [0.5, 0.6) is 0 Å². The molecule has 1 aliphatic rings. The Bertz CT molecular complexity index is 348. The molecule has 2 rings (SSSR count). The lowest BCUT2D eigenvalue weighted by atomic mass is 9.77. The zero-order valence-corrected chi connectivity index (χ0v) is 10.3. The summed E-state index contributed by atoms with van der Waals surface area (Å²) in [6.45, 7) is 4.40. The number of rotatable bonds is 2. The fourth-order valence-corrected chi connectivity index (χ4v) is 2.91. The van der Waals surface area contributed by atoms with Crippen molar-refractivity contribution < 1.29 is 0 Å². The van der Waals surface area contributed by atoms with Gasteiger partial charge in [0.15, 0.2) is 0 Å². The average molecular weight is 218 g/mol. The fourth-order valence-electron chi connectivity index (χ4n) is 2.91. The molecular weight excluding hydrogens is 196 g/mol. The van der Waals surface area contributed by atoms with E-state index in [1.807, 2.05) is 12.3 Å². The van der Waals surface area contributed by atoms with Gasteiger partial charge in [-0.25, -0.2) is 0 Å². The van der Waals surface area contributed by atoms with Gasteiger partial charge in [0.05, 0.1) is 0 Å². The SMILES string of the molecule is Cc1ncccc1C(N)C1CCCC(C)C1. The number of pyridine rings is 1. The number of hydrogen-bond donors (Lipinski definition) is 1. The summed E-state index contributed by atoms with van der Waals surface area (Å²) in [5.74, 6) is 1.48. The highest BCUT2D eigenvalue weighted by Crippen LogP contribution is 2.36. The molecule has 1 aromatic rings. The summed E-state index contributed by atoms with van der Waals surface area (Å²) in [5, 5.41) is 0. The maximum absolute atomic E-state index is 6.39. The van der Waals surface area contributed by atoms with Gasteiger partial charge < -0.3 is 5.73 Å². The van der Waals surface area contributed by atoms with Crippen LogP contribution < -0.4 is 5.73 Å². The van der Waals surface area contributed by atoms with E-state index < -0.39 is 0 Å². The van der Waals surface area contributed by atoms with Crippen LogP contribution in [0.2, 0.25) is 0 Å². The van der Waals surface area contributed by atoms with Gasteiger partial charge in [-0.1, -0.05) is 25.8 Å². The van der Waals surface area contributed by atoms with Gasteiger partial charge in [0.25, 0.3) is 0 Å². The zero-order chi connectivity index (χ0) is 11.5. The Morgan fingerprint density at radius 2 is 2.25 bits per heavy atom. The van der Waals surface area contributed by atoms with Crippen molar-refractivity contribution >= 4 is 0 Å². The van der Waals surface area contributed by atoms with E-state index in [9.17, 15) is 0 Å². The highest BCUT2D eigenvalue weighted by atomic mass is 14.7. The van der Waals surface area contributed by atoms with Crippen molar-refractivity contribution in [2.45, 2.75) is 45.6 Å². The van der Waals surface area contributed by atoms with Gasteiger partial charge in [-0.15, -0.1) is 0 Å². The molecule has 0 radical (unpaired) electrons. The van der Waals surface area contributed by atoms with Crippen LogP contribution in [0, 0.1) is 18.8 Å². The first kappa shape index (κ1) is 11.6. The molecule has 0 aliphatic heterocycles. The van der Waals surface area contributed by atoms with E-state index in [1.165, 1.54) is 31.2 Å². The molecule has 0 bridgehead atoms. The largest absolute Gasteiger partial charge is 0.324 e. The number of nitrogens with zero attached hydrogens (tertiary/aromatic N) is 1. The van der Waals surface area contributed by atoms with Gasteiger partial charge in [-0.05, 0) is 43.2 Å². The number of aryl methyl sites for hydroxylation is 1. The van der Waals surface area contributed by atoms with Gasteiger partial charge in [-0.2, -0.15) is 0 Å². The second-order valence-electron chi connectivity index (χ2n) is 5.24.